The van der Waals surface area contributed by atoms with Gasteiger partial charge in [-0.3, -0.25) is 0 Å². The number of rotatable bonds is 2. The molecule has 1 aromatic heterocycles. The highest BCUT2D eigenvalue weighted by molar-refractivity contribution is 14.1. The number of nitrogens with one attached hydrogen (secondary N) is 1. The second kappa shape index (κ2) is 5.26. The fourth-order valence-electron chi connectivity index (χ4n) is 1.34. The first-order valence-electron chi connectivity index (χ1n) is 4.77. The summed E-state index contributed by atoms with van der Waals surface area (Å²) < 4.78 is 14.6. The number of hydrogen-bond acceptors (Lipinski definition) is 3. The second-order valence-corrected chi connectivity index (χ2v) is 5.28. The molecule has 0 saturated heterocycles. The molecule has 0 unspecified atom stereocenters. The van der Waals surface area contributed by atoms with Crippen molar-refractivity contribution < 1.29 is 4.39 Å². The fraction of sp³-hybridized carbons (Fsp3) is 0.0909. The first kappa shape index (κ1) is 12.7. The van der Waals surface area contributed by atoms with Gasteiger partial charge in [0.05, 0.1) is 3.57 Å². The molecule has 2 aromatic rings. The molecule has 1 aromatic carbocycles. The number of anilines is 1. The van der Waals surface area contributed by atoms with E-state index in [1.807, 2.05) is 0 Å². The molecule has 1 heterocycles. The van der Waals surface area contributed by atoms with Crippen LogP contribution in [0.3, 0.4) is 0 Å². The molecule has 0 bridgehead atoms. The molecule has 0 spiro atoms. The minimum atomic E-state index is -0.292. The van der Waals surface area contributed by atoms with Crippen molar-refractivity contribution in [3.05, 3.63) is 38.3 Å². The van der Waals surface area contributed by atoms with Crippen LogP contribution in [0.5, 0.6) is 0 Å². The van der Waals surface area contributed by atoms with Gasteiger partial charge in [-0.15, -0.1) is 0 Å². The van der Waals surface area contributed by atoms with Crippen LogP contribution >= 0.6 is 38.5 Å². The van der Waals surface area contributed by atoms with Crippen molar-refractivity contribution in [3.8, 4) is 11.4 Å². The van der Waals surface area contributed by atoms with E-state index in [4.69, 9.17) is 0 Å². The van der Waals surface area contributed by atoms with Crippen molar-refractivity contribution in [3.63, 3.8) is 0 Å². The molecule has 17 heavy (non-hydrogen) atoms. The van der Waals surface area contributed by atoms with Crippen LogP contribution in [0.25, 0.3) is 11.4 Å². The first-order chi connectivity index (χ1) is 8.11. The number of benzene rings is 1. The molecular weight excluding hydrogens is 400 g/mol. The quantitative estimate of drug-likeness (QED) is 0.771. The van der Waals surface area contributed by atoms with E-state index in [1.165, 1.54) is 12.1 Å². The molecule has 0 atom stereocenters. The van der Waals surface area contributed by atoms with Gasteiger partial charge in [-0.25, -0.2) is 14.4 Å². The second-order valence-electron chi connectivity index (χ2n) is 3.26. The molecule has 6 heteroatoms. The van der Waals surface area contributed by atoms with Gasteiger partial charge >= 0.3 is 0 Å². The van der Waals surface area contributed by atoms with Crippen LogP contribution in [0.15, 0.2) is 28.9 Å². The molecule has 3 nitrogen and oxygen atoms in total. The van der Waals surface area contributed by atoms with E-state index >= 15 is 0 Å². The molecular formula is C11H8BrFIN3. The van der Waals surface area contributed by atoms with Crippen LogP contribution < -0.4 is 5.32 Å². The normalized spacial score (nSPS) is 10.4. The Balaban J connectivity index is 2.53. The van der Waals surface area contributed by atoms with Crippen molar-refractivity contribution >= 4 is 44.3 Å². The fourth-order valence-corrected chi connectivity index (χ4v) is 2.40. The Labute approximate surface area is 120 Å². The summed E-state index contributed by atoms with van der Waals surface area (Å²) in [5.74, 6) is 1.02. The number of halogens is 3. The third-order valence-corrected chi connectivity index (χ3v) is 3.60. The zero-order valence-electron chi connectivity index (χ0n) is 8.84. The Hall–Kier alpha value is -0.760. The van der Waals surface area contributed by atoms with Crippen molar-refractivity contribution in [2.75, 3.05) is 12.4 Å². The molecule has 2 rings (SSSR count). The van der Waals surface area contributed by atoms with Crippen LogP contribution in [0, 0.1) is 9.39 Å². The predicted octanol–water partition coefficient (Wildman–Crippen LogP) is 3.69. The van der Waals surface area contributed by atoms with Crippen LogP contribution in [-0.4, -0.2) is 17.0 Å². The lowest BCUT2D eigenvalue weighted by molar-refractivity contribution is 0.627. The van der Waals surface area contributed by atoms with E-state index in [1.54, 1.807) is 19.3 Å². The van der Waals surface area contributed by atoms with Gasteiger partial charge in [0.15, 0.2) is 5.82 Å². The van der Waals surface area contributed by atoms with Gasteiger partial charge in [-0.05, 0) is 56.7 Å². The van der Waals surface area contributed by atoms with E-state index in [2.05, 4.69) is 53.8 Å². The Morgan fingerprint density at radius 2 is 2.18 bits per heavy atom. The monoisotopic (exact) mass is 407 g/mol. The molecule has 0 aliphatic rings. The maximum Gasteiger partial charge on any atom is 0.162 e. The van der Waals surface area contributed by atoms with E-state index in [0.717, 1.165) is 15.0 Å². The third-order valence-electron chi connectivity index (χ3n) is 2.15. The number of nitrogens with zero attached hydrogens (tertiary/aromatic N) is 2. The van der Waals surface area contributed by atoms with E-state index in [0.29, 0.717) is 10.3 Å². The summed E-state index contributed by atoms with van der Waals surface area (Å²) in [6.45, 7) is 0. The van der Waals surface area contributed by atoms with Gasteiger partial charge in [-0.2, -0.15) is 0 Å². The minimum absolute atomic E-state index is 0.292. The van der Waals surface area contributed by atoms with Crippen LogP contribution in [-0.2, 0) is 0 Å². The van der Waals surface area contributed by atoms with E-state index in [9.17, 15) is 4.39 Å². The van der Waals surface area contributed by atoms with Crippen molar-refractivity contribution in [2.45, 2.75) is 0 Å². The Morgan fingerprint density at radius 3 is 2.82 bits per heavy atom. The Morgan fingerprint density at radius 1 is 1.41 bits per heavy atom. The first-order valence-corrected chi connectivity index (χ1v) is 6.64. The zero-order chi connectivity index (χ0) is 12.4. The average Bonchev–Trinajstić information content (AvgIpc) is 2.30. The van der Waals surface area contributed by atoms with Crippen molar-refractivity contribution in [1.82, 2.24) is 9.97 Å². The molecule has 0 aliphatic heterocycles. The predicted molar refractivity (Wildman–Crippen MR) is 77.4 cm³/mol. The van der Waals surface area contributed by atoms with Crippen LogP contribution in [0.1, 0.15) is 0 Å². The van der Waals surface area contributed by atoms with E-state index in [-0.39, 0.29) is 5.82 Å². The summed E-state index contributed by atoms with van der Waals surface area (Å²) in [5, 5.41) is 2.99. The Bertz CT molecular complexity index is 562. The van der Waals surface area contributed by atoms with Gasteiger partial charge in [-0.1, -0.05) is 0 Å². The summed E-state index contributed by atoms with van der Waals surface area (Å²) >= 11 is 5.46. The standard InChI is InChI=1S/C11H8BrFIN3/c1-15-11-9(14)5-16-10(17-11)7-3-2-6(13)4-8(7)12/h2-5H,1H3,(H,15,16,17). The molecule has 1 N–H and O–H groups in total. The van der Waals surface area contributed by atoms with Crippen molar-refractivity contribution in [2.24, 2.45) is 0 Å². The largest absolute Gasteiger partial charge is 0.372 e. The highest BCUT2D eigenvalue weighted by Gasteiger charge is 2.09. The topological polar surface area (TPSA) is 37.8 Å². The van der Waals surface area contributed by atoms with Gasteiger partial charge in [0, 0.05) is 23.3 Å². The molecule has 0 fully saturated rings. The summed E-state index contributed by atoms with van der Waals surface area (Å²) in [7, 11) is 1.80. The molecule has 88 valence electrons. The maximum atomic E-state index is 13.0. The SMILES string of the molecule is CNc1nc(-c2ccc(F)cc2Br)ncc1I. The highest BCUT2D eigenvalue weighted by atomic mass is 127. The van der Waals surface area contributed by atoms with E-state index < -0.39 is 0 Å². The van der Waals surface area contributed by atoms with Crippen LogP contribution in [0.2, 0.25) is 0 Å². The van der Waals surface area contributed by atoms with Gasteiger partial charge in [0.1, 0.15) is 11.6 Å². The summed E-state index contributed by atoms with van der Waals surface area (Å²) in [5.41, 5.74) is 0.763. The third kappa shape index (κ3) is 2.74. The van der Waals surface area contributed by atoms with Gasteiger partial charge in [0.25, 0.3) is 0 Å². The van der Waals surface area contributed by atoms with Crippen LogP contribution in [0.4, 0.5) is 10.2 Å². The Kier molecular flexibility index (Phi) is 3.93. The van der Waals surface area contributed by atoms with Gasteiger partial charge < -0.3 is 5.32 Å². The molecule has 0 saturated carbocycles. The summed E-state index contributed by atoms with van der Waals surface area (Å²) in [6.07, 6.45) is 1.73. The lowest BCUT2D eigenvalue weighted by atomic mass is 10.2. The average molecular weight is 408 g/mol. The highest BCUT2D eigenvalue weighted by Crippen LogP contribution is 2.27. The molecule has 0 amide bonds. The summed E-state index contributed by atoms with van der Waals surface area (Å²) in [4.78, 5) is 8.61. The zero-order valence-corrected chi connectivity index (χ0v) is 12.6. The number of hydrogen-bond donors (Lipinski definition) is 1. The smallest absolute Gasteiger partial charge is 0.162 e. The molecule has 0 radical (unpaired) electrons. The summed E-state index contributed by atoms with van der Waals surface area (Å²) in [6, 6.07) is 4.44. The maximum absolute atomic E-state index is 13.0. The van der Waals surface area contributed by atoms with Gasteiger partial charge in [0.2, 0.25) is 0 Å². The lowest BCUT2D eigenvalue weighted by Gasteiger charge is -2.07. The lowest BCUT2D eigenvalue weighted by Crippen LogP contribution is -1.99. The number of aromatic nitrogens is 2. The van der Waals surface area contributed by atoms with Crippen molar-refractivity contribution in [1.29, 1.82) is 0 Å². The molecule has 0 aliphatic carbocycles. The minimum Gasteiger partial charge on any atom is -0.372 e.